The number of fused-ring (bicyclic) bond motifs is 2. The van der Waals surface area contributed by atoms with Crippen LogP contribution in [0.5, 0.6) is 0 Å². The SMILES string of the molecule is C=C(C)C(=O)OC1(C(C)C)C2CC3CC(C2)CC1C3.C=C(C)C(=O)OC12CC3CC(CC(O)(C3)C1)C2.C=C(C)C(=O)OCC(=O)OC1C2CC3C1OS(=O)(=O)C3C2.C=C(C)C(=O)OCC(=O)OCC(=O)OC1(C)C2CC3CC(C2)CC1C3.CCC(C)(C)C(=O)OCC(=O)OC1C2CC3C1OS(=O)(=O)C3C2.CCC(C)(C)C(=O)OCC(=O)OCC(=O)OC1(C)C2CC3CC(C2)CC1C3. The number of aliphatic hydroxyl groups is 1. The van der Waals surface area contributed by atoms with Crippen molar-refractivity contribution in [3.8, 4) is 0 Å². The Kier molecular flexibility index (Phi) is 30.4. The highest BCUT2D eigenvalue weighted by atomic mass is 32.2. The lowest BCUT2D eigenvalue weighted by Crippen LogP contribution is -2.62. The van der Waals surface area contributed by atoms with Gasteiger partial charge in [-0.15, -0.1) is 0 Å². The Morgan fingerprint density at radius 1 is 0.379 bits per heavy atom. The molecular weight excluding hydrogens is 1750 g/mol. The second kappa shape index (κ2) is 39.5. The zero-order valence-electron chi connectivity index (χ0n) is 79.6. The number of ether oxygens (including phenoxy) is 12. The minimum Gasteiger partial charge on any atom is -0.457 e. The van der Waals surface area contributed by atoms with Gasteiger partial charge in [0.05, 0.1) is 26.9 Å². The number of carbonyl (C=O) groups is 12. The first-order valence-electron chi connectivity index (χ1n) is 48.2. The highest BCUT2D eigenvalue weighted by Gasteiger charge is 2.69. The molecule has 736 valence electrons. The van der Waals surface area contributed by atoms with Crippen molar-refractivity contribution in [2.24, 2.45) is 123 Å². The van der Waals surface area contributed by atoms with Crippen molar-refractivity contribution in [3.63, 3.8) is 0 Å². The van der Waals surface area contributed by atoms with E-state index in [0.29, 0.717) is 109 Å². The molecule has 0 radical (unpaired) electrons. The number of carbonyl (C=O) groups excluding carboxylic acids is 12. The third-order valence-electron chi connectivity index (χ3n) is 33.7. The average molecular weight is 1890 g/mol. The molecule has 0 amide bonds. The van der Waals surface area contributed by atoms with Crippen molar-refractivity contribution < 1.29 is 145 Å². The predicted octanol–water partition coefficient (Wildman–Crippen LogP) is 13.0. The van der Waals surface area contributed by atoms with E-state index in [1.54, 1.807) is 41.5 Å². The maximum absolute atomic E-state index is 12.3. The smallest absolute Gasteiger partial charge is 0.344 e. The monoisotopic (exact) mass is 1890 g/mol. The van der Waals surface area contributed by atoms with Gasteiger partial charge in [-0.2, -0.15) is 16.8 Å². The van der Waals surface area contributed by atoms with Crippen LogP contribution in [0, 0.1) is 123 Å². The van der Waals surface area contributed by atoms with Crippen molar-refractivity contribution in [3.05, 3.63) is 48.6 Å². The fourth-order valence-corrected chi connectivity index (χ4v) is 31.1. The second-order valence-electron chi connectivity index (χ2n) is 44.5. The van der Waals surface area contributed by atoms with E-state index in [2.05, 4.69) is 51.8 Å². The van der Waals surface area contributed by atoms with E-state index in [1.165, 1.54) is 65.2 Å². The maximum atomic E-state index is 12.3. The molecule has 2 saturated heterocycles. The first-order valence-corrected chi connectivity index (χ1v) is 51.1. The highest BCUT2D eigenvalue weighted by Crippen LogP contribution is 2.65. The summed E-state index contributed by atoms with van der Waals surface area (Å²) in [5, 5.41) is 9.60. The van der Waals surface area contributed by atoms with Crippen LogP contribution < -0.4 is 0 Å². The standard InChI is InChI=1S/C21H32O6.C19H26O6.C17H26O2.C15H22O7S.C14H20O3.C13H16O7S/c1-5-20(2,3)19(24)26-11-17(22)25-12-18(23)27-21(4)15-7-13-6-14(9-15)10-16(21)8-13;1-11(2)18(22)24-9-16(20)23-10-17(21)25-19(3)14-5-12-4-13(7-14)8-15(19)6-12;1-10(2)16(18)19-17(11(3)4)14-6-12-5-13(8-14)9-15(17)7-12;1-4-15(2,3)14(17)20-7-11(16)21-12-8-5-9-10(6-8)23(18,19)22-13(9)12;1-9(2)12(15)17-14-6-10-3-11(7-14)5-13(16,4-10)8-14;1-6(2)13(15)18-5-10(14)19-11-7-3-8-9(4-7)21(16,17)20-12(8)11/h13-16H,5-12H2,1-4H3;12-15H,1,4-10H2,2-3H3;11-15H,1,5-9H2,2-4H3;8-10,12-13H,4-7H2,1-3H3;10-11,16H,1,3-8H2,2H3;7-9,11-12H,1,3-5H2,2H3. The summed E-state index contributed by atoms with van der Waals surface area (Å²) in [4.78, 5) is 141. The van der Waals surface area contributed by atoms with E-state index < -0.39 is 188 Å². The Morgan fingerprint density at radius 3 is 1.01 bits per heavy atom. The van der Waals surface area contributed by atoms with Gasteiger partial charge in [0.25, 0.3) is 20.2 Å². The van der Waals surface area contributed by atoms with Crippen LogP contribution in [0.1, 0.15) is 270 Å². The fraction of sp³-hybridized carbons (Fsp3) is 0.798. The topological polar surface area (TPSA) is 423 Å². The average Bonchev–Trinajstić information content (AvgIpc) is 1.69. The third kappa shape index (κ3) is 22.0. The van der Waals surface area contributed by atoms with Crippen molar-refractivity contribution in [1.82, 2.24) is 0 Å². The molecule has 0 aromatic heterocycles. The number of rotatable bonds is 27. The minimum absolute atomic E-state index is 0.00284. The van der Waals surface area contributed by atoms with Crippen LogP contribution >= 0.6 is 0 Å². The lowest BCUT2D eigenvalue weighted by atomic mass is 9.47. The van der Waals surface area contributed by atoms with Crippen molar-refractivity contribution in [2.45, 2.75) is 333 Å². The zero-order chi connectivity index (χ0) is 96.4. The molecule has 12 unspecified atom stereocenters. The lowest BCUT2D eigenvalue weighted by Gasteiger charge is -2.61. The summed E-state index contributed by atoms with van der Waals surface area (Å²) >= 11 is 0. The molecule has 2 aliphatic heterocycles. The summed E-state index contributed by atoms with van der Waals surface area (Å²) in [7, 11) is -7.05. The van der Waals surface area contributed by atoms with Gasteiger partial charge in [-0.05, 0) is 325 Å². The predicted molar refractivity (Wildman–Crippen MR) is 473 cm³/mol. The molecule has 20 aliphatic carbocycles. The van der Waals surface area contributed by atoms with E-state index in [4.69, 9.17) is 60.5 Å². The third-order valence-corrected chi connectivity index (χ3v) is 37.2. The molecule has 0 aromatic carbocycles. The minimum atomic E-state index is -3.53. The van der Waals surface area contributed by atoms with Crippen LogP contribution in [0.3, 0.4) is 0 Å². The molecule has 22 rings (SSSR count). The number of hydrogen-bond acceptors (Lipinski definition) is 31. The zero-order valence-corrected chi connectivity index (χ0v) is 81.2. The normalized spacial score (nSPS) is 38.5. The van der Waals surface area contributed by atoms with Crippen LogP contribution in [0.25, 0.3) is 0 Å². The number of esters is 12. The first kappa shape index (κ1) is 102. The molecule has 22 fully saturated rings. The van der Waals surface area contributed by atoms with Crippen LogP contribution in [-0.4, -0.2) is 196 Å². The van der Waals surface area contributed by atoms with Gasteiger partial charge < -0.3 is 61.9 Å². The van der Waals surface area contributed by atoms with Gasteiger partial charge in [-0.1, -0.05) is 54.0 Å². The van der Waals surface area contributed by atoms with Gasteiger partial charge in [0, 0.05) is 52.4 Å². The van der Waals surface area contributed by atoms with E-state index in [9.17, 15) is 79.5 Å². The van der Waals surface area contributed by atoms with Crippen molar-refractivity contribution in [1.29, 1.82) is 0 Å². The Labute approximate surface area is 777 Å². The molecule has 20 saturated carbocycles. The van der Waals surface area contributed by atoms with Gasteiger partial charge in [-0.25, -0.2) is 47.9 Å². The molecule has 132 heavy (non-hydrogen) atoms. The Hall–Kier alpha value is -7.62. The van der Waals surface area contributed by atoms with Crippen LogP contribution in [-0.2, 0) is 143 Å². The molecule has 0 spiro atoms. The summed E-state index contributed by atoms with van der Waals surface area (Å²) < 4.78 is 121. The molecule has 20 bridgehead atoms. The van der Waals surface area contributed by atoms with Crippen LogP contribution in [0.4, 0.5) is 0 Å². The molecule has 1 N–H and O–H groups in total. The summed E-state index contributed by atoms with van der Waals surface area (Å²) in [6, 6.07) is 0. The van der Waals surface area contributed by atoms with Gasteiger partial charge in [-0.3, -0.25) is 18.0 Å². The van der Waals surface area contributed by atoms with Gasteiger partial charge in [0.2, 0.25) is 0 Å². The van der Waals surface area contributed by atoms with E-state index in [-0.39, 0.29) is 52.4 Å². The molecule has 22 aliphatic rings. The molecule has 2 heterocycles. The number of hydrogen-bond donors (Lipinski definition) is 1. The molecule has 33 heteroatoms. The summed E-state index contributed by atoms with van der Waals surface area (Å²) in [6.45, 7) is 37.0. The molecule has 0 aromatic rings. The second-order valence-corrected chi connectivity index (χ2v) is 48.1. The molecular formula is C99H142O31S2. The molecule has 12 atom stereocenters. The Morgan fingerprint density at radius 2 is 0.682 bits per heavy atom. The first-order chi connectivity index (χ1) is 61.7. The van der Waals surface area contributed by atoms with Crippen molar-refractivity contribution >= 4 is 91.9 Å². The fourth-order valence-electron chi connectivity index (χ4n) is 27.3. The van der Waals surface area contributed by atoms with Crippen LogP contribution in [0.15, 0.2) is 48.6 Å². The van der Waals surface area contributed by atoms with E-state index in [0.717, 1.165) is 113 Å². The van der Waals surface area contributed by atoms with Gasteiger partial charge in [0.1, 0.15) is 46.8 Å². The van der Waals surface area contributed by atoms with Crippen LogP contribution in [0.2, 0.25) is 0 Å². The maximum Gasteiger partial charge on any atom is 0.344 e. The quantitative estimate of drug-likeness (QED) is 0.0345. The summed E-state index contributed by atoms with van der Waals surface area (Å²) in [6.07, 6.45) is 25.0. The van der Waals surface area contributed by atoms with E-state index in [1.807, 2.05) is 20.8 Å². The van der Waals surface area contributed by atoms with E-state index >= 15 is 0 Å². The largest absolute Gasteiger partial charge is 0.457 e. The summed E-state index contributed by atoms with van der Waals surface area (Å²) in [5.41, 5.74) is -1.97. The Bertz CT molecular complexity index is 4620. The lowest BCUT2D eigenvalue weighted by molar-refractivity contribution is -0.221. The summed E-state index contributed by atoms with van der Waals surface area (Å²) in [5.74, 6) is 2.52. The Balaban J connectivity index is 0.000000135. The molecule has 31 nitrogen and oxygen atoms in total. The van der Waals surface area contributed by atoms with Gasteiger partial charge in [0.15, 0.2) is 39.6 Å². The van der Waals surface area contributed by atoms with Gasteiger partial charge >= 0.3 is 71.6 Å². The van der Waals surface area contributed by atoms with Crippen molar-refractivity contribution in [2.75, 3.05) is 39.6 Å². The highest BCUT2D eigenvalue weighted by molar-refractivity contribution is 7.88.